The van der Waals surface area contributed by atoms with E-state index >= 15 is 0 Å². The van der Waals surface area contributed by atoms with E-state index in [0.717, 1.165) is 37.4 Å². The topological polar surface area (TPSA) is 21.7 Å². The lowest BCUT2D eigenvalue weighted by atomic mass is 9.70. The van der Waals surface area contributed by atoms with E-state index in [1.54, 1.807) is 14.2 Å². The maximum absolute atomic E-state index is 5.68. The van der Waals surface area contributed by atoms with Gasteiger partial charge < -0.3 is 9.47 Å². The van der Waals surface area contributed by atoms with Gasteiger partial charge in [0, 0.05) is 25.0 Å². The van der Waals surface area contributed by atoms with E-state index in [0.29, 0.717) is 12.0 Å². The van der Waals surface area contributed by atoms with Crippen LogP contribution in [0, 0.1) is 6.92 Å². The van der Waals surface area contributed by atoms with E-state index in [1.165, 1.54) is 33.4 Å². The number of aryl methyl sites for hydroxylation is 2. The van der Waals surface area contributed by atoms with E-state index in [4.69, 9.17) is 9.47 Å². The highest BCUT2D eigenvalue weighted by Crippen LogP contribution is 2.48. The van der Waals surface area contributed by atoms with Crippen LogP contribution in [0.2, 0.25) is 0 Å². The zero-order chi connectivity index (χ0) is 20.7. The molecule has 0 spiro atoms. The van der Waals surface area contributed by atoms with Gasteiger partial charge in [-0.05, 0) is 65.3 Å². The third-order valence-electron chi connectivity index (χ3n) is 6.91. The molecule has 3 aromatic rings. The van der Waals surface area contributed by atoms with Crippen molar-refractivity contribution in [1.82, 2.24) is 4.90 Å². The van der Waals surface area contributed by atoms with Gasteiger partial charge in [-0.15, -0.1) is 0 Å². The van der Waals surface area contributed by atoms with Crippen molar-refractivity contribution in [3.8, 4) is 11.5 Å². The molecule has 0 N–H and O–H groups in total. The smallest absolute Gasteiger partial charge is 0.161 e. The zero-order valence-corrected chi connectivity index (χ0v) is 18.0. The van der Waals surface area contributed by atoms with Crippen molar-refractivity contribution in [2.75, 3.05) is 14.2 Å². The van der Waals surface area contributed by atoms with Crippen molar-refractivity contribution in [1.29, 1.82) is 0 Å². The summed E-state index contributed by atoms with van der Waals surface area (Å²) in [7, 11) is 3.45. The van der Waals surface area contributed by atoms with Gasteiger partial charge in [0.2, 0.25) is 0 Å². The Hall–Kier alpha value is -2.78. The minimum atomic E-state index is 0.362. The second-order valence-electron chi connectivity index (χ2n) is 8.52. The third-order valence-corrected chi connectivity index (χ3v) is 6.91. The molecular formula is C27H29NO2. The molecule has 2 aliphatic rings. The summed E-state index contributed by atoms with van der Waals surface area (Å²) in [6.45, 7) is 4.25. The largest absolute Gasteiger partial charge is 0.493 e. The second-order valence-corrected chi connectivity index (χ2v) is 8.52. The number of hydrogen-bond acceptors (Lipinski definition) is 3. The summed E-state index contributed by atoms with van der Waals surface area (Å²) >= 11 is 0. The van der Waals surface area contributed by atoms with Crippen LogP contribution in [0.1, 0.15) is 45.7 Å². The fraction of sp³-hybridized carbons (Fsp3) is 0.333. The predicted octanol–water partition coefficient (Wildman–Crippen LogP) is 5.47. The van der Waals surface area contributed by atoms with E-state index in [1.807, 2.05) is 0 Å². The van der Waals surface area contributed by atoms with Gasteiger partial charge in [0.25, 0.3) is 0 Å². The Morgan fingerprint density at radius 2 is 1.67 bits per heavy atom. The monoisotopic (exact) mass is 399 g/mol. The highest BCUT2D eigenvalue weighted by atomic mass is 16.5. The standard InChI is InChI=1S/C27H29NO2/c1-18-8-7-11-21-23(18)17-28(16-19-9-5-4-6-10-19)24-13-12-20-14-25(29-2)26(30-3)15-22(20)27(21)24/h4-11,14-15,24,27H,12-13,16-17H2,1-3H3/t24-,27-/m1/s1. The normalized spacial score (nSPS) is 20.1. The first kappa shape index (κ1) is 19.2. The highest BCUT2D eigenvalue weighted by molar-refractivity contribution is 5.55. The minimum Gasteiger partial charge on any atom is -0.493 e. The van der Waals surface area contributed by atoms with Gasteiger partial charge in [0.05, 0.1) is 14.2 Å². The van der Waals surface area contributed by atoms with Gasteiger partial charge in [-0.2, -0.15) is 0 Å². The Morgan fingerprint density at radius 1 is 0.900 bits per heavy atom. The molecule has 1 aliphatic heterocycles. The van der Waals surface area contributed by atoms with E-state index in [-0.39, 0.29) is 0 Å². The fourth-order valence-electron chi connectivity index (χ4n) is 5.43. The molecule has 2 atom stereocenters. The molecule has 0 saturated carbocycles. The molecule has 3 nitrogen and oxygen atoms in total. The maximum Gasteiger partial charge on any atom is 0.161 e. The SMILES string of the molecule is COc1cc2c(cc1OC)[C@H]1c3cccc(C)c3CN(Cc3ccccc3)[C@@H]1CC2. The van der Waals surface area contributed by atoms with E-state index in [9.17, 15) is 0 Å². The third kappa shape index (κ3) is 3.18. The van der Waals surface area contributed by atoms with Crippen LogP contribution < -0.4 is 9.47 Å². The summed E-state index contributed by atoms with van der Waals surface area (Å²) in [5.74, 6) is 2.02. The predicted molar refractivity (Wildman–Crippen MR) is 120 cm³/mol. The summed E-state index contributed by atoms with van der Waals surface area (Å²) in [5, 5.41) is 0. The molecule has 0 amide bonds. The van der Waals surface area contributed by atoms with Gasteiger partial charge in [-0.1, -0.05) is 48.5 Å². The lowest BCUT2D eigenvalue weighted by molar-refractivity contribution is 0.132. The van der Waals surface area contributed by atoms with Crippen molar-refractivity contribution < 1.29 is 9.47 Å². The number of nitrogens with zero attached hydrogens (tertiary/aromatic N) is 1. The molecule has 0 bridgehead atoms. The van der Waals surface area contributed by atoms with Crippen molar-refractivity contribution >= 4 is 0 Å². The molecule has 0 saturated heterocycles. The first-order chi connectivity index (χ1) is 14.7. The number of rotatable bonds is 4. The summed E-state index contributed by atoms with van der Waals surface area (Å²) in [4.78, 5) is 2.69. The van der Waals surface area contributed by atoms with Crippen LogP contribution in [0.15, 0.2) is 60.7 Å². The van der Waals surface area contributed by atoms with E-state index < -0.39 is 0 Å². The zero-order valence-electron chi connectivity index (χ0n) is 18.0. The van der Waals surface area contributed by atoms with Gasteiger partial charge >= 0.3 is 0 Å². The average molecular weight is 400 g/mol. The second kappa shape index (κ2) is 7.81. The summed E-state index contributed by atoms with van der Waals surface area (Å²) in [5.41, 5.74) is 8.52. The van der Waals surface area contributed by atoms with Gasteiger partial charge in [-0.25, -0.2) is 0 Å². The van der Waals surface area contributed by atoms with Crippen molar-refractivity contribution in [3.05, 3.63) is 94.0 Å². The van der Waals surface area contributed by atoms with Crippen LogP contribution in [-0.2, 0) is 19.5 Å². The lowest BCUT2D eigenvalue weighted by Crippen LogP contribution is -2.45. The molecule has 3 aromatic carbocycles. The van der Waals surface area contributed by atoms with Gasteiger partial charge in [-0.3, -0.25) is 4.90 Å². The van der Waals surface area contributed by atoms with E-state index in [2.05, 4.69) is 72.5 Å². The van der Waals surface area contributed by atoms with Crippen LogP contribution in [0.5, 0.6) is 11.5 Å². The number of ether oxygens (including phenoxy) is 2. The van der Waals surface area contributed by atoms with Gasteiger partial charge in [0.1, 0.15) is 0 Å². The quantitative estimate of drug-likeness (QED) is 0.580. The Bertz CT molecular complexity index is 1060. The summed E-state index contributed by atoms with van der Waals surface area (Å²) in [6, 6.07) is 22.6. The van der Waals surface area contributed by atoms with Crippen LogP contribution in [0.3, 0.4) is 0 Å². The van der Waals surface area contributed by atoms with Crippen LogP contribution in [-0.4, -0.2) is 25.2 Å². The molecule has 154 valence electrons. The first-order valence-electron chi connectivity index (χ1n) is 10.8. The number of hydrogen-bond donors (Lipinski definition) is 0. The van der Waals surface area contributed by atoms with Crippen LogP contribution >= 0.6 is 0 Å². The van der Waals surface area contributed by atoms with Crippen molar-refractivity contribution in [3.63, 3.8) is 0 Å². The number of methoxy groups -OCH3 is 2. The highest BCUT2D eigenvalue weighted by Gasteiger charge is 2.40. The first-order valence-corrected chi connectivity index (χ1v) is 10.8. The Morgan fingerprint density at radius 3 is 2.43 bits per heavy atom. The number of fused-ring (bicyclic) bond motifs is 5. The van der Waals surface area contributed by atoms with Crippen molar-refractivity contribution in [2.24, 2.45) is 0 Å². The van der Waals surface area contributed by atoms with Crippen LogP contribution in [0.25, 0.3) is 0 Å². The van der Waals surface area contributed by atoms with Gasteiger partial charge in [0.15, 0.2) is 11.5 Å². The molecule has 30 heavy (non-hydrogen) atoms. The molecular weight excluding hydrogens is 370 g/mol. The Labute approximate surface area is 179 Å². The summed E-state index contributed by atoms with van der Waals surface area (Å²) in [6.07, 6.45) is 2.23. The molecule has 0 radical (unpaired) electrons. The molecule has 5 rings (SSSR count). The fourth-order valence-corrected chi connectivity index (χ4v) is 5.43. The maximum atomic E-state index is 5.68. The molecule has 3 heteroatoms. The summed E-state index contributed by atoms with van der Waals surface area (Å²) < 4.78 is 11.3. The van der Waals surface area contributed by atoms with Crippen LogP contribution in [0.4, 0.5) is 0 Å². The van der Waals surface area contributed by atoms with Crippen molar-refractivity contribution in [2.45, 2.75) is 44.8 Å². The Kier molecular flexibility index (Phi) is 5.00. The molecule has 1 aliphatic carbocycles. The minimum absolute atomic E-state index is 0.362. The lowest BCUT2D eigenvalue weighted by Gasteiger charge is -2.46. The Balaban J connectivity index is 1.64. The molecule has 0 unspecified atom stereocenters. The molecule has 0 fully saturated rings. The number of benzene rings is 3. The molecule has 0 aromatic heterocycles. The molecule has 1 heterocycles. The average Bonchev–Trinajstić information content (AvgIpc) is 2.79.